The molecule has 5 rings (SSSR count). The van der Waals surface area contributed by atoms with Gasteiger partial charge in [-0.3, -0.25) is 9.59 Å². The summed E-state index contributed by atoms with van der Waals surface area (Å²) < 4.78 is 0. The van der Waals surface area contributed by atoms with Gasteiger partial charge in [0.15, 0.2) is 5.78 Å². The maximum absolute atomic E-state index is 13.0. The van der Waals surface area contributed by atoms with E-state index < -0.39 is 0 Å². The second kappa shape index (κ2) is 3.74. The third-order valence-corrected chi connectivity index (χ3v) is 4.32. The van der Waals surface area contributed by atoms with Crippen molar-refractivity contribution >= 4 is 33.4 Å². The van der Waals surface area contributed by atoms with Crippen molar-refractivity contribution in [3.63, 3.8) is 0 Å². The van der Waals surface area contributed by atoms with Crippen LogP contribution in [0.2, 0.25) is 0 Å². The predicted molar refractivity (Wildman–Crippen MR) is 83.5 cm³/mol. The van der Waals surface area contributed by atoms with Crippen LogP contribution in [0.3, 0.4) is 0 Å². The van der Waals surface area contributed by atoms with Crippen LogP contribution in [0.5, 0.6) is 0 Å². The van der Waals surface area contributed by atoms with Gasteiger partial charge in [-0.1, -0.05) is 36.4 Å². The topological polar surface area (TPSA) is 65.7 Å². The van der Waals surface area contributed by atoms with E-state index in [4.69, 9.17) is 0 Å². The Labute approximate surface area is 124 Å². The number of para-hydroxylation sites is 2. The summed E-state index contributed by atoms with van der Waals surface area (Å²) in [4.78, 5) is 32.0. The minimum atomic E-state index is -0.156. The first-order chi connectivity index (χ1) is 10.8. The summed E-state index contributed by atoms with van der Waals surface area (Å²) in [5.74, 6) is -0.253. The summed E-state index contributed by atoms with van der Waals surface area (Å²) in [6, 6.07) is 15.0. The molecule has 0 atom stereocenters. The third kappa shape index (κ3) is 1.22. The number of fused-ring (bicyclic) bond motifs is 6. The number of ketones is 2. The van der Waals surface area contributed by atoms with Gasteiger partial charge in [-0.05, 0) is 12.1 Å². The second-order valence-corrected chi connectivity index (χ2v) is 5.50. The molecule has 0 unspecified atom stereocenters. The van der Waals surface area contributed by atoms with E-state index in [1.807, 2.05) is 48.5 Å². The Morgan fingerprint density at radius 3 is 1.55 bits per heavy atom. The standard InChI is InChI=1S/C18H10N2O2/c21-17-13-9-5-1-3-7-11(9)19-15(13)18(22)16-14(17)10-6-2-4-8-12(10)20-16/h1-8,19-20H. The molecular formula is C18H10N2O2. The Morgan fingerprint density at radius 2 is 1.05 bits per heavy atom. The lowest BCUT2D eigenvalue weighted by molar-refractivity contribution is 0.0976. The van der Waals surface area contributed by atoms with Crippen molar-refractivity contribution in [3.8, 4) is 0 Å². The van der Waals surface area contributed by atoms with E-state index in [0.29, 0.717) is 22.5 Å². The van der Waals surface area contributed by atoms with Crippen LogP contribution in [0.25, 0.3) is 21.8 Å². The van der Waals surface area contributed by atoms with Crippen molar-refractivity contribution in [3.05, 3.63) is 71.0 Å². The predicted octanol–water partition coefficient (Wildman–Crippen LogP) is 3.42. The summed E-state index contributed by atoms with van der Waals surface area (Å²) in [5, 5.41) is 1.60. The average molecular weight is 286 g/mol. The van der Waals surface area contributed by atoms with Gasteiger partial charge in [-0.2, -0.15) is 0 Å². The molecule has 4 heteroatoms. The van der Waals surface area contributed by atoms with Crippen LogP contribution in [0, 0.1) is 0 Å². The molecule has 0 bridgehead atoms. The molecule has 2 aromatic heterocycles. The second-order valence-electron chi connectivity index (χ2n) is 5.50. The van der Waals surface area contributed by atoms with Crippen LogP contribution in [-0.4, -0.2) is 21.5 Å². The zero-order valence-electron chi connectivity index (χ0n) is 11.4. The Morgan fingerprint density at radius 1 is 0.591 bits per heavy atom. The molecule has 4 nitrogen and oxygen atoms in total. The number of benzene rings is 2. The largest absolute Gasteiger partial charge is 0.351 e. The minimum absolute atomic E-state index is 0.0977. The summed E-state index contributed by atoms with van der Waals surface area (Å²) in [5.41, 5.74) is 3.35. The molecule has 104 valence electrons. The maximum atomic E-state index is 13.0. The first kappa shape index (κ1) is 11.5. The van der Waals surface area contributed by atoms with Crippen LogP contribution in [0.1, 0.15) is 32.1 Å². The molecule has 0 saturated heterocycles. The Hall–Kier alpha value is -3.14. The van der Waals surface area contributed by atoms with E-state index >= 15 is 0 Å². The van der Waals surface area contributed by atoms with Gasteiger partial charge < -0.3 is 9.97 Å². The van der Waals surface area contributed by atoms with Gasteiger partial charge in [-0.25, -0.2) is 0 Å². The number of H-pyrrole nitrogens is 2. The lowest BCUT2D eigenvalue weighted by Crippen LogP contribution is -2.19. The van der Waals surface area contributed by atoms with Crippen molar-refractivity contribution in [2.45, 2.75) is 0 Å². The number of rotatable bonds is 0. The molecule has 4 aromatic rings. The monoisotopic (exact) mass is 286 g/mol. The molecule has 22 heavy (non-hydrogen) atoms. The van der Waals surface area contributed by atoms with E-state index in [0.717, 1.165) is 21.8 Å². The van der Waals surface area contributed by atoms with Crippen molar-refractivity contribution < 1.29 is 9.59 Å². The van der Waals surface area contributed by atoms with Gasteiger partial charge in [0.05, 0.1) is 11.1 Å². The molecule has 1 aliphatic carbocycles. The van der Waals surface area contributed by atoms with Gasteiger partial charge in [-0.15, -0.1) is 0 Å². The van der Waals surface area contributed by atoms with Crippen molar-refractivity contribution in [1.82, 2.24) is 9.97 Å². The molecule has 0 aliphatic heterocycles. The van der Waals surface area contributed by atoms with Gasteiger partial charge in [0.25, 0.3) is 0 Å². The van der Waals surface area contributed by atoms with E-state index in [2.05, 4.69) is 9.97 Å². The summed E-state index contributed by atoms with van der Waals surface area (Å²) in [6.07, 6.45) is 0. The summed E-state index contributed by atoms with van der Waals surface area (Å²) in [6.45, 7) is 0. The molecular weight excluding hydrogens is 276 g/mol. The normalized spacial score (nSPS) is 13.6. The Bertz CT molecular complexity index is 1030. The molecule has 1 aliphatic rings. The van der Waals surface area contributed by atoms with Gasteiger partial charge in [0.1, 0.15) is 11.4 Å². The van der Waals surface area contributed by atoms with E-state index in [-0.39, 0.29) is 11.6 Å². The molecule has 0 saturated carbocycles. The van der Waals surface area contributed by atoms with Crippen molar-refractivity contribution in [1.29, 1.82) is 0 Å². The Balaban J connectivity index is 1.93. The zero-order valence-corrected chi connectivity index (χ0v) is 11.4. The SMILES string of the molecule is O=C1c2[nH]c3ccccc3c2C(=O)c2c1[nH]c1ccccc21. The maximum Gasteiger partial charge on any atom is 0.226 e. The minimum Gasteiger partial charge on any atom is -0.351 e. The van der Waals surface area contributed by atoms with Crippen LogP contribution < -0.4 is 0 Å². The van der Waals surface area contributed by atoms with Crippen LogP contribution in [0.4, 0.5) is 0 Å². The van der Waals surface area contributed by atoms with Crippen LogP contribution in [0.15, 0.2) is 48.5 Å². The fourth-order valence-electron chi connectivity index (χ4n) is 3.35. The molecule has 0 fully saturated rings. The number of aromatic nitrogens is 2. The number of nitrogens with one attached hydrogen (secondary N) is 2. The quantitative estimate of drug-likeness (QED) is 0.458. The number of aromatic amines is 2. The molecule has 2 heterocycles. The molecule has 2 N–H and O–H groups in total. The number of carbonyl (C=O) groups is 2. The highest BCUT2D eigenvalue weighted by Crippen LogP contribution is 2.35. The fraction of sp³-hybridized carbons (Fsp3) is 0. The highest BCUT2D eigenvalue weighted by Gasteiger charge is 2.35. The smallest absolute Gasteiger partial charge is 0.226 e. The molecule has 0 amide bonds. The highest BCUT2D eigenvalue weighted by molar-refractivity contribution is 6.35. The van der Waals surface area contributed by atoms with Crippen LogP contribution >= 0.6 is 0 Å². The summed E-state index contributed by atoms with van der Waals surface area (Å²) in [7, 11) is 0. The van der Waals surface area contributed by atoms with Gasteiger partial charge >= 0.3 is 0 Å². The molecule has 0 radical (unpaired) electrons. The van der Waals surface area contributed by atoms with Gasteiger partial charge in [0.2, 0.25) is 5.78 Å². The Kier molecular flexibility index (Phi) is 1.96. The van der Waals surface area contributed by atoms with Crippen LogP contribution in [-0.2, 0) is 0 Å². The lowest BCUT2D eigenvalue weighted by atomic mass is 9.90. The molecule has 0 spiro atoms. The van der Waals surface area contributed by atoms with E-state index in [9.17, 15) is 9.59 Å². The first-order valence-corrected chi connectivity index (χ1v) is 7.06. The van der Waals surface area contributed by atoms with Crippen molar-refractivity contribution in [2.75, 3.05) is 0 Å². The lowest BCUT2D eigenvalue weighted by Gasteiger charge is -2.10. The highest BCUT2D eigenvalue weighted by atomic mass is 16.1. The average Bonchev–Trinajstić information content (AvgIpc) is 3.12. The first-order valence-electron chi connectivity index (χ1n) is 7.06. The van der Waals surface area contributed by atoms with Crippen molar-refractivity contribution in [2.24, 2.45) is 0 Å². The van der Waals surface area contributed by atoms with E-state index in [1.165, 1.54) is 0 Å². The number of hydrogen-bond acceptors (Lipinski definition) is 2. The number of hydrogen-bond donors (Lipinski definition) is 2. The zero-order chi connectivity index (χ0) is 14.8. The summed E-state index contributed by atoms with van der Waals surface area (Å²) >= 11 is 0. The van der Waals surface area contributed by atoms with E-state index in [1.54, 1.807) is 0 Å². The third-order valence-electron chi connectivity index (χ3n) is 4.32. The molecule has 2 aromatic carbocycles. The fourth-order valence-corrected chi connectivity index (χ4v) is 3.35. The van der Waals surface area contributed by atoms with Gasteiger partial charge in [0, 0.05) is 21.8 Å². The number of carbonyl (C=O) groups excluding carboxylic acids is 2.